The summed E-state index contributed by atoms with van der Waals surface area (Å²) >= 11 is 0. The summed E-state index contributed by atoms with van der Waals surface area (Å²) in [6.07, 6.45) is 0. The van der Waals surface area contributed by atoms with E-state index < -0.39 is 36.3 Å². The molecule has 0 fully saturated rings. The van der Waals surface area contributed by atoms with E-state index in [1.165, 1.54) is 0 Å². The predicted molar refractivity (Wildman–Crippen MR) is 46.2 cm³/mol. The summed E-state index contributed by atoms with van der Waals surface area (Å²) in [6.45, 7) is -4.21. The molecule has 0 aliphatic heterocycles. The van der Waals surface area contributed by atoms with E-state index in [-0.39, 0.29) is 0 Å². The normalized spacial score (nSPS) is 12.9. The lowest BCUT2D eigenvalue weighted by Gasteiger charge is -2.21. The molecule has 6 heteroatoms. The van der Waals surface area contributed by atoms with Crippen molar-refractivity contribution >= 4 is 0 Å². The minimum atomic E-state index is -4.03. The van der Waals surface area contributed by atoms with E-state index in [2.05, 4.69) is 0 Å². The molecule has 0 spiro atoms. The molecule has 0 aromatic heterocycles. The SMILES string of the molecule is FCC(F)(F)c1ccccc1C(F)(F)CF. The van der Waals surface area contributed by atoms with Crippen molar-refractivity contribution in [3.8, 4) is 0 Å². The lowest BCUT2D eigenvalue weighted by atomic mass is 9.98. The standard InChI is InChI=1S/C10H8F6/c11-5-9(13,14)7-3-1-2-4-8(7)10(15,16)6-12/h1-4H,5-6H2. The summed E-state index contributed by atoms with van der Waals surface area (Å²) in [6, 6.07) is 3.46. The van der Waals surface area contributed by atoms with Crippen LogP contribution in [0.25, 0.3) is 0 Å². The van der Waals surface area contributed by atoms with Gasteiger partial charge in [-0.1, -0.05) is 24.3 Å². The maximum absolute atomic E-state index is 13.0. The number of rotatable bonds is 4. The van der Waals surface area contributed by atoms with Crippen molar-refractivity contribution in [2.24, 2.45) is 0 Å². The first-order valence-electron chi connectivity index (χ1n) is 4.32. The van der Waals surface area contributed by atoms with Crippen LogP contribution in [0.3, 0.4) is 0 Å². The van der Waals surface area contributed by atoms with Crippen LogP contribution in [0, 0.1) is 0 Å². The second-order valence-corrected chi connectivity index (χ2v) is 3.22. The third-order valence-electron chi connectivity index (χ3n) is 2.05. The smallest absolute Gasteiger partial charge is 0.244 e. The first kappa shape index (κ1) is 12.9. The molecule has 0 amide bonds. The Bertz CT molecular complexity index is 325. The number of benzene rings is 1. The first-order valence-corrected chi connectivity index (χ1v) is 4.32. The van der Waals surface area contributed by atoms with Gasteiger partial charge in [0.1, 0.15) is 0 Å². The van der Waals surface area contributed by atoms with Crippen molar-refractivity contribution in [1.82, 2.24) is 0 Å². The molecule has 0 saturated carbocycles. The minimum absolute atomic E-state index is 0.665. The molecule has 0 nitrogen and oxygen atoms in total. The average molecular weight is 242 g/mol. The van der Waals surface area contributed by atoms with Crippen LogP contribution in [0.15, 0.2) is 24.3 Å². The molecule has 0 bridgehead atoms. The van der Waals surface area contributed by atoms with Crippen molar-refractivity contribution in [2.75, 3.05) is 13.3 Å². The van der Waals surface area contributed by atoms with Crippen molar-refractivity contribution in [3.05, 3.63) is 35.4 Å². The third kappa shape index (κ3) is 2.31. The molecule has 1 aromatic rings. The van der Waals surface area contributed by atoms with Gasteiger partial charge in [0.05, 0.1) is 0 Å². The van der Waals surface area contributed by atoms with Crippen LogP contribution in [0.1, 0.15) is 11.1 Å². The zero-order valence-corrected chi connectivity index (χ0v) is 7.99. The molecule has 0 unspecified atom stereocenters. The molecule has 1 aromatic carbocycles. The van der Waals surface area contributed by atoms with Crippen LogP contribution in [-0.2, 0) is 11.8 Å². The molecule has 90 valence electrons. The third-order valence-corrected chi connectivity index (χ3v) is 2.05. The predicted octanol–water partition coefficient (Wildman–Crippen LogP) is 3.81. The van der Waals surface area contributed by atoms with Crippen molar-refractivity contribution in [3.63, 3.8) is 0 Å². The summed E-state index contributed by atoms with van der Waals surface area (Å²) < 4.78 is 76.0. The lowest BCUT2D eigenvalue weighted by Crippen LogP contribution is -2.25. The van der Waals surface area contributed by atoms with Crippen LogP contribution in [-0.4, -0.2) is 13.3 Å². The molecule has 0 aliphatic rings. The van der Waals surface area contributed by atoms with Crippen LogP contribution in [0.4, 0.5) is 26.3 Å². The number of hydrogen-bond acceptors (Lipinski definition) is 0. The fraction of sp³-hybridized carbons (Fsp3) is 0.400. The highest BCUT2D eigenvalue weighted by Gasteiger charge is 2.42. The van der Waals surface area contributed by atoms with Gasteiger partial charge in [0.15, 0.2) is 13.3 Å². The van der Waals surface area contributed by atoms with Gasteiger partial charge in [0, 0.05) is 11.1 Å². The van der Waals surface area contributed by atoms with Crippen molar-refractivity contribution in [1.29, 1.82) is 0 Å². The zero-order chi connectivity index (χ0) is 12.4. The second-order valence-electron chi connectivity index (χ2n) is 3.22. The molecule has 16 heavy (non-hydrogen) atoms. The largest absolute Gasteiger partial charge is 0.301 e. The Labute approximate surface area is 87.9 Å². The van der Waals surface area contributed by atoms with Crippen LogP contribution in [0.2, 0.25) is 0 Å². The molecule has 0 atom stereocenters. The number of halogens is 6. The summed E-state index contributed by atoms with van der Waals surface area (Å²) in [5, 5.41) is 0. The van der Waals surface area contributed by atoms with E-state index in [0.29, 0.717) is 12.1 Å². The van der Waals surface area contributed by atoms with Gasteiger partial charge in [0.2, 0.25) is 0 Å². The van der Waals surface area contributed by atoms with E-state index in [0.717, 1.165) is 12.1 Å². The maximum atomic E-state index is 13.0. The molecule has 0 saturated heterocycles. The minimum Gasteiger partial charge on any atom is -0.244 e. The highest BCUT2D eigenvalue weighted by atomic mass is 19.3. The Hall–Kier alpha value is -1.20. The lowest BCUT2D eigenvalue weighted by molar-refractivity contribution is -0.0529. The van der Waals surface area contributed by atoms with E-state index in [1.54, 1.807) is 0 Å². The Kier molecular flexibility index (Phi) is 3.50. The molecule has 0 N–H and O–H groups in total. The Balaban J connectivity index is 3.31. The molecule has 0 aliphatic carbocycles. The highest BCUT2D eigenvalue weighted by Crippen LogP contribution is 2.38. The van der Waals surface area contributed by atoms with Gasteiger partial charge in [-0.3, -0.25) is 0 Å². The maximum Gasteiger partial charge on any atom is 0.301 e. The topological polar surface area (TPSA) is 0 Å². The molecular formula is C10H8F6. The quantitative estimate of drug-likeness (QED) is 0.704. The Morgan fingerprint density at radius 1 is 0.750 bits per heavy atom. The monoisotopic (exact) mass is 242 g/mol. The van der Waals surface area contributed by atoms with Gasteiger partial charge in [-0.05, 0) is 0 Å². The summed E-state index contributed by atoms with van der Waals surface area (Å²) in [4.78, 5) is 0. The molecule has 1 rings (SSSR count). The summed E-state index contributed by atoms with van der Waals surface area (Å²) in [5.74, 6) is -8.07. The Morgan fingerprint density at radius 3 is 1.31 bits per heavy atom. The van der Waals surface area contributed by atoms with Gasteiger partial charge in [-0.2, -0.15) is 17.6 Å². The molecule has 0 radical (unpaired) electrons. The average Bonchev–Trinajstić information content (AvgIpc) is 2.29. The van der Waals surface area contributed by atoms with Crippen molar-refractivity contribution < 1.29 is 26.3 Å². The zero-order valence-electron chi connectivity index (χ0n) is 7.99. The molecular weight excluding hydrogens is 234 g/mol. The van der Waals surface area contributed by atoms with Crippen molar-refractivity contribution in [2.45, 2.75) is 11.8 Å². The molecule has 0 heterocycles. The second kappa shape index (κ2) is 4.35. The van der Waals surface area contributed by atoms with Gasteiger partial charge in [-0.15, -0.1) is 0 Å². The summed E-state index contributed by atoms with van der Waals surface area (Å²) in [5.41, 5.74) is -2.36. The Morgan fingerprint density at radius 2 is 1.06 bits per heavy atom. The van der Waals surface area contributed by atoms with E-state index >= 15 is 0 Å². The fourth-order valence-corrected chi connectivity index (χ4v) is 1.26. The van der Waals surface area contributed by atoms with Gasteiger partial charge < -0.3 is 0 Å². The van der Waals surface area contributed by atoms with Crippen LogP contribution < -0.4 is 0 Å². The van der Waals surface area contributed by atoms with E-state index in [1.807, 2.05) is 0 Å². The van der Waals surface area contributed by atoms with Crippen LogP contribution in [0.5, 0.6) is 0 Å². The van der Waals surface area contributed by atoms with Gasteiger partial charge in [-0.25, -0.2) is 8.78 Å². The van der Waals surface area contributed by atoms with Gasteiger partial charge >= 0.3 is 11.8 Å². The number of alkyl halides is 6. The van der Waals surface area contributed by atoms with E-state index in [9.17, 15) is 26.3 Å². The van der Waals surface area contributed by atoms with Gasteiger partial charge in [0.25, 0.3) is 0 Å². The highest BCUT2D eigenvalue weighted by molar-refractivity contribution is 5.34. The number of hydrogen-bond donors (Lipinski definition) is 0. The van der Waals surface area contributed by atoms with E-state index in [4.69, 9.17) is 0 Å². The first-order chi connectivity index (χ1) is 7.35. The van der Waals surface area contributed by atoms with Crippen LogP contribution >= 0.6 is 0 Å². The fourth-order valence-electron chi connectivity index (χ4n) is 1.26. The summed E-state index contributed by atoms with van der Waals surface area (Å²) in [7, 11) is 0.